The van der Waals surface area contributed by atoms with Crippen molar-refractivity contribution in [2.45, 2.75) is 25.7 Å². The Labute approximate surface area is 248 Å². The van der Waals surface area contributed by atoms with Crippen LogP contribution in [0.3, 0.4) is 0 Å². The van der Waals surface area contributed by atoms with E-state index in [0.29, 0.717) is 45.9 Å². The molecule has 3 N–H and O–H groups in total. The molecule has 3 aromatic carbocycles. The lowest BCUT2D eigenvalue weighted by Crippen LogP contribution is -2.23. The Morgan fingerprint density at radius 1 is 0.953 bits per heavy atom. The number of aromatic hydroxyl groups is 1. The Morgan fingerprint density at radius 2 is 1.63 bits per heavy atom. The third kappa shape index (κ3) is 7.77. The quantitative estimate of drug-likeness (QED) is 0.160. The number of methoxy groups -OCH3 is 1. The standard InChI is InChI=1S/C34H32FN3O5/c1-42-32-20-28-29(21-30(32)39)36-18-17-31(28)43-27-14-12-26(13-15-27)37-33(40)16-7-23(22-5-3-2-4-6-22)19-34(41)38-25-10-8-24(35)9-11-25/h3-6,8-15,17-18,20-23,39H,2,7,16,19H2,1H3,(H,37,40)(H,38,41). The molecule has 0 bridgehead atoms. The zero-order valence-electron chi connectivity index (χ0n) is 23.6. The fourth-order valence-corrected chi connectivity index (χ4v) is 5.00. The van der Waals surface area contributed by atoms with E-state index < -0.39 is 0 Å². The molecule has 1 atom stereocenters. The normalized spacial score (nSPS) is 13.4. The number of pyridine rings is 1. The lowest BCUT2D eigenvalue weighted by molar-refractivity contribution is -0.119. The number of anilines is 2. The van der Waals surface area contributed by atoms with Gasteiger partial charge in [0.2, 0.25) is 11.8 Å². The highest BCUT2D eigenvalue weighted by molar-refractivity contribution is 5.92. The van der Waals surface area contributed by atoms with Gasteiger partial charge in [0.1, 0.15) is 17.3 Å². The van der Waals surface area contributed by atoms with Crippen molar-refractivity contribution >= 4 is 34.1 Å². The number of nitrogens with one attached hydrogen (secondary N) is 2. The van der Waals surface area contributed by atoms with Crippen LogP contribution in [-0.2, 0) is 9.59 Å². The number of aromatic nitrogens is 1. The maximum Gasteiger partial charge on any atom is 0.224 e. The van der Waals surface area contributed by atoms with E-state index in [0.717, 1.165) is 6.42 Å². The van der Waals surface area contributed by atoms with Crippen molar-refractivity contribution in [2.75, 3.05) is 17.7 Å². The van der Waals surface area contributed by atoms with Crippen LogP contribution in [0.2, 0.25) is 0 Å². The summed E-state index contributed by atoms with van der Waals surface area (Å²) < 4.78 is 24.5. The minimum atomic E-state index is -0.369. The lowest BCUT2D eigenvalue weighted by Gasteiger charge is -2.23. The number of amides is 2. The Balaban J connectivity index is 1.18. The van der Waals surface area contributed by atoms with Crippen molar-refractivity contribution in [3.05, 3.63) is 103 Å². The van der Waals surface area contributed by atoms with Crippen LogP contribution in [0.15, 0.2) is 97.2 Å². The SMILES string of the molecule is COc1cc2c(Oc3ccc(NC(=O)CCC(CC(=O)Nc4ccc(F)cc4)C4C=CCC=C4)cc3)ccnc2cc1O. The number of allylic oxidation sites excluding steroid dienone is 4. The molecular formula is C34H32FN3O5. The summed E-state index contributed by atoms with van der Waals surface area (Å²) >= 11 is 0. The first-order chi connectivity index (χ1) is 20.9. The van der Waals surface area contributed by atoms with Crippen molar-refractivity contribution in [2.24, 2.45) is 11.8 Å². The summed E-state index contributed by atoms with van der Waals surface area (Å²) in [6.07, 6.45) is 11.7. The van der Waals surface area contributed by atoms with Crippen LogP contribution in [0, 0.1) is 17.7 Å². The Bertz CT molecular complexity index is 1640. The molecule has 1 aliphatic carbocycles. The topological polar surface area (TPSA) is 110 Å². The summed E-state index contributed by atoms with van der Waals surface area (Å²) in [5.74, 6) is 0.662. The minimum absolute atomic E-state index is 0.00833. The number of phenolic OH excluding ortho intramolecular Hbond substituents is 1. The van der Waals surface area contributed by atoms with Gasteiger partial charge in [0.15, 0.2) is 11.5 Å². The number of benzene rings is 3. The molecule has 0 spiro atoms. The predicted molar refractivity (Wildman–Crippen MR) is 164 cm³/mol. The smallest absolute Gasteiger partial charge is 0.224 e. The summed E-state index contributed by atoms with van der Waals surface area (Å²) in [6, 6.07) is 17.6. The molecule has 220 valence electrons. The maximum absolute atomic E-state index is 13.2. The van der Waals surface area contributed by atoms with E-state index in [1.54, 1.807) is 42.6 Å². The van der Waals surface area contributed by atoms with Gasteiger partial charge in [-0.3, -0.25) is 14.6 Å². The molecule has 0 saturated heterocycles. The van der Waals surface area contributed by atoms with E-state index in [1.165, 1.54) is 37.4 Å². The van der Waals surface area contributed by atoms with Crippen LogP contribution in [0.1, 0.15) is 25.7 Å². The summed E-state index contributed by atoms with van der Waals surface area (Å²) in [6.45, 7) is 0. The van der Waals surface area contributed by atoms with Crippen molar-refractivity contribution in [3.63, 3.8) is 0 Å². The molecule has 0 radical (unpaired) electrons. The number of hydrogen-bond donors (Lipinski definition) is 3. The van der Waals surface area contributed by atoms with Crippen molar-refractivity contribution in [3.8, 4) is 23.0 Å². The number of rotatable bonds is 11. The lowest BCUT2D eigenvalue weighted by atomic mass is 9.83. The van der Waals surface area contributed by atoms with E-state index >= 15 is 0 Å². The summed E-state index contributed by atoms with van der Waals surface area (Å²) in [7, 11) is 1.47. The highest BCUT2D eigenvalue weighted by atomic mass is 19.1. The summed E-state index contributed by atoms with van der Waals surface area (Å²) in [5, 5.41) is 16.5. The van der Waals surface area contributed by atoms with Gasteiger partial charge in [-0.15, -0.1) is 0 Å². The molecule has 1 unspecified atom stereocenters. The fraction of sp³-hybridized carbons (Fsp3) is 0.206. The maximum atomic E-state index is 13.2. The molecule has 9 heteroatoms. The predicted octanol–water partition coefficient (Wildman–Crippen LogP) is 7.38. The van der Waals surface area contributed by atoms with Crippen molar-refractivity contribution in [1.82, 2.24) is 4.98 Å². The van der Waals surface area contributed by atoms with Gasteiger partial charge in [-0.1, -0.05) is 24.3 Å². The fourth-order valence-electron chi connectivity index (χ4n) is 5.00. The number of nitrogens with zero attached hydrogens (tertiary/aromatic N) is 1. The van der Waals surface area contributed by atoms with Crippen LogP contribution >= 0.6 is 0 Å². The van der Waals surface area contributed by atoms with Gasteiger partial charge in [0.25, 0.3) is 0 Å². The highest BCUT2D eigenvalue weighted by Crippen LogP contribution is 2.36. The molecule has 2 amide bonds. The van der Waals surface area contributed by atoms with Gasteiger partial charge >= 0.3 is 0 Å². The molecule has 0 saturated carbocycles. The molecule has 5 rings (SSSR count). The number of ether oxygens (including phenoxy) is 2. The Hall–Kier alpha value is -5.18. The molecule has 0 aliphatic heterocycles. The molecule has 1 heterocycles. The van der Waals surface area contributed by atoms with Gasteiger partial charge in [0.05, 0.1) is 12.6 Å². The second-order valence-electron chi connectivity index (χ2n) is 10.3. The number of carbonyl (C=O) groups is 2. The first kappa shape index (κ1) is 29.3. The third-order valence-electron chi connectivity index (χ3n) is 7.22. The van der Waals surface area contributed by atoms with Gasteiger partial charge in [0, 0.05) is 41.9 Å². The second-order valence-corrected chi connectivity index (χ2v) is 10.3. The van der Waals surface area contributed by atoms with E-state index in [9.17, 15) is 19.1 Å². The van der Waals surface area contributed by atoms with Crippen molar-refractivity contribution < 1.29 is 28.6 Å². The minimum Gasteiger partial charge on any atom is -0.504 e. The Kier molecular flexibility index (Phi) is 9.31. The monoisotopic (exact) mass is 581 g/mol. The van der Waals surface area contributed by atoms with Crippen LogP contribution in [0.5, 0.6) is 23.0 Å². The van der Waals surface area contributed by atoms with Gasteiger partial charge in [-0.25, -0.2) is 4.39 Å². The van der Waals surface area contributed by atoms with Gasteiger partial charge < -0.3 is 25.2 Å². The molecule has 4 aromatic rings. The van der Waals surface area contributed by atoms with E-state index in [2.05, 4.69) is 39.9 Å². The molecule has 1 aromatic heterocycles. The number of halogens is 1. The van der Waals surface area contributed by atoms with Crippen LogP contribution in [0.4, 0.5) is 15.8 Å². The van der Waals surface area contributed by atoms with Crippen LogP contribution in [0.25, 0.3) is 10.9 Å². The number of carbonyl (C=O) groups excluding carboxylic acids is 2. The molecular weight excluding hydrogens is 549 g/mol. The summed E-state index contributed by atoms with van der Waals surface area (Å²) in [5.41, 5.74) is 1.71. The molecule has 0 fully saturated rings. The molecule has 43 heavy (non-hydrogen) atoms. The first-order valence-electron chi connectivity index (χ1n) is 14.0. The number of phenols is 1. The Morgan fingerprint density at radius 3 is 2.33 bits per heavy atom. The van der Waals surface area contributed by atoms with E-state index in [1.807, 2.05) is 0 Å². The van der Waals surface area contributed by atoms with E-state index in [4.69, 9.17) is 9.47 Å². The average Bonchev–Trinajstić information content (AvgIpc) is 3.01. The molecule has 1 aliphatic rings. The first-order valence-corrected chi connectivity index (χ1v) is 14.0. The highest BCUT2D eigenvalue weighted by Gasteiger charge is 2.23. The number of hydrogen-bond acceptors (Lipinski definition) is 6. The second kappa shape index (κ2) is 13.7. The zero-order valence-corrected chi connectivity index (χ0v) is 23.6. The zero-order chi connectivity index (χ0) is 30.2. The number of fused-ring (bicyclic) bond motifs is 1. The molecule has 8 nitrogen and oxygen atoms in total. The third-order valence-corrected chi connectivity index (χ3v) is 7.22. The van der Waals surface area contributed by atoms with Gasteiger partial charge in [-0.2, -0.15) is 0 Å². The van der Waals surface area contributed by atoms with E-state index in [-0.39, 0.29) is 48.1 Å². The van der Waals surface area contributed by atoms with Crippen LogP contribution in [-0.4, -0.2) is 29.0 Å². The average molecular weight is 582 g/mol. The van der Waals surface area contributed by atoms with Crippen molar-refractivity contribution in [1.29, 1.82) is 0 Å². The van der Waals surface area contributed by atoms with Crippen LogP contribution < -0.4 is 20.1 Å². The van der Waals surface area contributed by atoms with Gasteiger partial charge in [-0.05, 0) is 85.3 Å². The summed E-state index contributed by atoms with van der Waals surface area (Å²) in [4.78, 5) is 29.9. The largest absolute Gasteiger partial charge is 0.504 e.